The van der Waals surface area contributed by atoms with Gasteiger partial charge in [-0.05, 0) is 18.0 Å². The Morgan fingerprint density at radius 3 is 2.21 bits per heavy atom. The topological polar surface area (TPSA) is 48.8 Å². The Labute approximate surface area is 84.4 Å². The summed E-state index contributed by atoms with van der Waals surface area (Å²) in [7, 11) is 0. The van der Waals surface area contributed by atoms with Gasteiger partial charge in [-0.3, -0.25) is 0 Å². The van der Waals surface area contributed by atoms with E-state index in [9.17, 15) is 0 Å². The molecule has 0 saturated carbocycles. The number of hydrogen-bond donors (Lipinski definition) is 0. The molecule has 3 heteroatoms. The third-order valence-electron chi connectivity index (χ3n) is 1.78. The molecular formula is C11H13N3. The highest BCUT2D eigenvalue weighted by Gasteiger charge is 2.00. The fourth-order valence-corrected chi connectivity index (χ4v) is 0.989. The molecule has 0 fully saturated rings. The first kappa shape index (κ1) is 12.1. The van der Waals surface area contributed by atoms with E-state index in [0.29, 0.717) is 0 Å². The molecule has 0 heterocycles. The highest BCUT2D eigenvalue weighted by molar-refractivity contribution is 5.23. The lowest BCUT2D eigenvalue weighted by Crippen LogP contribution is -1.87. The third-order valence-corrected chi connectivity index (χ3v) is 1.78. The van der Waals surface area contributed by atoms with Crippen molar-refractivity contribution in [1.82, 2.24) is 0 Å². The molecule has 0 aliphatic heterocycles. The zero-order chi connectivity index (χ0) is 11.0. The Morgan fingerprint density at radius 2 is 1.79 bits per heavy atom. The molecule has 0 aliphatic rings. The van der Waals surface area contributed by atoms with Gasteiger partial charge in [0.15, 0.2) is 0 Å². The van der Waals surface area contributed by atoms with Crippen LogP contribution in [0.1, 0.15) is 24.1 Å². The molecule has 1 rings (SSSR count). The number of hydrogen-bond acceptors (Lipinski definition) is 1. The fourth-order valence-electron chi connectivity index (χ4n) is 0.989. The molecule has 0 N–H and O–H groups in total. The van der Waals surface area contributed by atoms with E-state index in [4.69, 9.17) is 5.53 Å². The average molecular weight is 187 g/mol. The second-order valence-corrected chi connectivity index (χ2v) is 2.79. The van der Waals surface area contributed by atoms with E-state index < -0.39 is 0 Å². The second kappa shape index (κ2) is 6.59. The summed E-state index contributed by atoms with van der Waals surface area (Å²) in [5.74, 6) is 0. The van der Waals surface area contributed by atoms with Gasteiger partial charge in [-0.2, -0.15) is 0 Å². The Morgan fingerprint density at radius 1 is 1.29 bits per heavy atom. The van der Waals surface area contributed by atoms with Gasteiger partial charge in [0.05, 0.1) is 6.04 Å². The highest BCUT2D eigenvalue weighted by Crippen LogP contribution is 2.16. The van der Waals surface area contributed by atoms with Crippen molar-refractivity contribution in [2.24, 2.45) is 5.11 Å². The number of terminal acetylenes is 1. The van der Waals surface area contributed by atoms with Crippen LogP contribution < -0.4 is 0 Å². The SMILES string of the molecule is C#C.Cc1ccc([C@H](C)N=[N+]=[N-])cc1. The number of aryl methyl sites for hydroxylation is 1. The summed E-state index contributed by atoms with van der Waals surface area (Å²) in [5.41, 5.74) is 10.5. The molecule has 1 atom stereocenters. The first-order valence-corrected chi connectivity index (χ1v) is 4.18. The van der Waals surface area contributed by atoms with E-state index in [-0.39, 0.29) is 6.04 Å². The molecular weight excluding hydrogens is 174 g/mol. The van der Waals surface area contributed by atoms with Crippen molar-refractivity contribution in [3.8, 4) is 12.8 Å². The molecule has 1 aromatic rings. The minimum atomic E-state index is -0.0735. The molecule has 0 bridgehead atoms. The van der Waals surface area contributed by atoms with E-state index in [1.165, 1.54) is 5.56 Å². The van der Waals surface area contributed by atoms with E-state index in [1.807, 2.05) is 38.1 Å². The van der Waals surface area contributed by atoms with Crippen LogP contribution >= 0.6 is 0 Å². The van der Waals surface area contributed by atoms with Gasteiger partial charge >= 0.3 is 0 Å². The normalized spacial score (nSPS) is 10.3. The van der Waals surface area contributed by atoms with Gasteiger partial charge in [0, 0.05) is 4.91 Å². The summed E-state index contributed by atoms with van der Waals surface area (Å²) in [4.78, 5) is 2.76. The summed E-state index contributed by atoms with van der Waals surface area (Å²) in [6, 6.07) is 7.91. The van der Waals surface area contributed by atoms with E-state index in [2.05, 4.69) is 22.9 Å². The van der Waals surface area contributed by atoms with Crippen LogP contribution in [0.4, 0.5) is 0 Å². The van der Waals surface area contributed by atoms with Crippen molar-refractivity contribution in [1.29, 1.82) is 0 Å². The lowest BCUT2D eigenvalue weighted by atomic mass is 10.1. The van der Waals surface area contributed by atoms with Crippen molar-refractivity contribution in [2.45, 2.75) is 19.9 Å². The van der Waals surface area contributed by atoms with Gasteiger partial charge in [0.1, 0.15) is 0 Å². The third kappa shape index (κ3) is 3.66. The van der Waals surface area contributed by atoms with Gasteiger partial charge in [-0.1, -0.05) is 41.9 Å². The molecule has 1 aromatic carbocycles. The van der Waals surface area contributed by atoms with E-state index >= 15 is 0 Å². The van der Waals surface area contributed by atoms with Gasteiger partial charge in [-0.15, -0.1) is 12.8 Å². The molecule has 0 aromatic heterocycles. The number of benzene rings is 1. The number of azide groups is 1. The lowest BCUT2D eigenvalue weighted by Gasteiger charge is -2.03. The van der Waals surface area contributed by atoms with Gasteiger partial charge in [-0.25, -0.2) is 0 Å². The largest absolute Gasteiger partial charge is 0.124 e. The number of nitrogens with zero attached hydrogens (tertiary/aromatic N) is 3. The number of rotatable bonds is 2. The predicted molar refractivity (Wildman–Crippen MR) is 58.6 cm³/mol. The van der Waals surface area contributed by atoms with Crippen LogP contribution in [-0.2, 0) is 0 Å². The Kier molecular flexibility index (Phi) is 5.69. The van der Waals surface area contributed by atoms with Crippen molar-refractivity contribution in [2.75, 3.05) is 0 Å². The van der Waals surface area contributed by atoms with E-state index in [0.717, 1.165) is 5.56 Å². The van der Waals surface area contributed by atoms with E-state index in [1.54, 1.807) is 0 Å². The maximum Gasteiger partial charge on any atom is 0.0597 e. The first-order chi connectivity index (χ1) is 6.74. The molecule has 3 nitrogen and oxygen atoms in total. The smallest absolute Gasteiger partial charge is 0.0597 e. The minimum Gasteiger partial charge on any atom is -0.124 e. The Bertz CT molecular complexity index is 331. The van der Waals surface area contributed by atoms with Gasteiger partial charge < -0.3 is 0 Å². The van der Waals surface area contributed by atoms with Crippen molar-refractivity contribution < 1.29 is 0 Å². The van der Waals surface area contributed by atoms with Crippen LogP contribution in [0.5, 0.6) is 0 Å². The summed E-state index contributed by atoms with van der Waals surface area (Å²) in [5, 5.41) is 3.61. The quantitative estimate of drug-likeness (QED) is 0.294. The second-order valence-electron chi connectivity index (χ2n) is 2.79. The standard InChI is InChI=1S/C9H11N3.C2H2/c1-7-3-5-9(6-4-7)8(2)11-12-10;1-2/h3-6,8H,1-2H3;1-2H/t8-;/m0./s1. The van der Waals surface area contributed by atoms with Crippen molar-refractivity contribution in [3.63, 3.8) is 0 Å². The maximum atomic E-state index is 8.21. The highest BCUT2D eigenvalue weighted by atomic mass is 15.1. The van der Waals surface area contributed by atoms with Crippen LogP contribution in [0.2, 0.25) is 0 Å². The van der Waals surface area contributed by atoms with Gasteiger partial charge in [0.2, 0.25) is 0 Å². The van der Waals surface area contributed by atoms with Crippen molar-refractivity contribution in [3.05, 3.63) is 45.8 Å². The summed E-state index contributed by atoms with van der Waals surface area (Å²) in [6.07, 6.45) is 8.00. The van der Waals surface area contributed by atoms with Crippen LogP contribution in [0, 0.1) is 19.8 Å². The van der Waals surface area contributed by atoms with Gasteiger partial charge in [0.25, 0.3) is 0 Å². The maximum absolute atomic E-state index is 8.21. The molecule has 0 amide bonds. The zero-order valence-corrected chi connectivity index (χ0v) is 8.38. The minimum absolute atomic E-state index is 0.0735. The average Bonchev–Trinajstić information content (AvgIpc) is 2.22. The zero-order valence-electron chi connectivity index (χ0n) is 8.38. The molecule has 0 aliphatic carbocycles. The molecule has 0 radical (unpaired) electrons. The van der Waals surface area contributed by atoms with Crippen LogP contribution in [0.3, 0.4) is 0 Å². The Balaban J connectivity index is 0.000000791. The Hall–Kier alpha value is -1.91. The summed E-state index contributed by atoms with van der Waals surface area (Å²) in [6.45, 7) is 3.91. The summed E-state index contributed by atoms with van der Waals surface area (Å²) >= 11 is 0. The van der Waals surface area contributed by atoms with Crippen LogP contribution in [0.25, 0.3) is 10.4 Å². The van der Waals surface area contributed by atoms with Crippen LogP contribution in [0.15, 0.2) is 29.4 Å². The lowest BCUT2D eigenvalue weighted by molar-refractivity contribution is 0.807. The molecule has 14 heavy (non-hydrogen) atoms. The molecule has 0 spiro atoms. The van der Waals surface area contributed by atoms with Crippen molar-refractivity contribution >= 4 is 0 Å². The summed E-state index contributed by atoms with van der Waals surface area (Å²) < 4.78 is 0. The molecule has 72 valence electrons. The fraction of sp³-hybridized carbons (Fsp3) is 0.273. The molecule has 0 saturated heterocycles. The monoisotopic (exact) mass is 187 g/mol. The van der Waals surface area contributed by atoms with Crippen LogP contribution in [-0.4, -0.2) is 0 Å². The molecule has 0 unspecified atom stereocenters. The predicted octanol–water partition coefficient (Wildman–Crippen LogP) is 3.62. The first-order valence-electron chi connectivity index (χ1n) is 4.18.